The minimum absolute atomic E-state index is 0. The molecule has 0 aromatic carbocycles. The summed E-state index contributed by atoms with van der Waals surface area (Å²) in [6, 6.07) is 0. The standard InChI is InChI=1S/Cr.O.Sn.Ti.Zr.4H. The first-order valence-corrected chi connectivity index (χ1v) is 0.687. The third-order valence-corrected chi connectivity index (χ3v) is 0. The first-order valence-electron chi connectivity index (χ1n) is 0.167. The molecule has 28 valence electrons. The van der Waals surface area contributed by atoms with Gasteiger partial charge in [-0.1, -0.05) is 0 Å². The Labute approximate surface area is 90.2 Å². The van der Waals surface area contributed by atoms with E-state index in [1.54, 1.807) is 0 Å². The van der Waals surface area contributed by atoms with Crippen molar-refractivity contribution in [3.8, 4) is 0 Å². The fourth-order valence-electron chi connectivity index (χ4n) is 0. The van der Waals surface area contributed by atoms with Gasteiger partial charge in [0.15, 0.2) is 0 Å². The van der Waals surface area contributed by atoms with Crippen LogP contribution in [0.1, 0.15) is 0 Å². The van der Waals surface area contributed by atoms with E-state index < -0.39 is 0 Å². The summed E-state index contributed by atoms with van der Waals surface area (Å²) >= 11 is 1.38. The predicted octanol–water partition coefficient (Wildman–Crippen LogP) is -1.58. The van der Waals surface area contributed by atoms with Crippen molar-refractivity contribution in [2.75, 3.05) is 0 Å². The van der Waals surface area contributed by atoms with Crippen LogP contribution in [0.3, 0.4) is 0 Å². The third-order valence-electron chi connectivity index (χ3n) is 0. The van der Waals surface area contributed by atoms with Crippen LogP contribution in [0.4, 0.5) is 0 Å². The second-order valence-corrected chi connectivity index (χ2v) is 0. The summed E-state index contributed by atoms with van der Waals surface area (Å²) < 4.78 is 8.12. The molecule has 0 spiro atoms. The number of hydrogen-bond donors (Lipinski definition) is 0. The van der Waals surface area contributed by atoms with Crippen LogP contribution in [0.25, 0.3) is 0 Å². The van der Waals surface area contributed by atoms with Crippen LogP contribution in [-0.4, -0.2) is 23.9 Å². The van der Waals surface area contributed by atoms with Crippen LogP contribution >= 0.6 is 0 Å². The minimum atomic E-state index is 0. The first-order chi connectivity index (χ1) is 1.00. The van der Waals surface area contributed by atoms with Gasteiger partial charge in [-0.25, -0.2) is 0 Å². The minimum Gasteiger partial charge on any atom is 0 e. The Morgan fingerprint density at radius 1 is 1.20 bits per heavy atom. The molecule has 0 fully saturated rings. The monoisotopic (exact) mass is 330 g/mol. The van der Waals surface area contributed by atoms with Crippen molar-refractivity contribution in [3.05, 3.63) is 0 Å². The molecule has 0 amide bonds. The zero-order chi connectivity index (χ0) is 2.00. The maximum Gasteiger partial charge on any atom is 0 e. The van der Waals surface area contributed by atoms with Gasteiger partial charge in [-0.05, 0) is 0 Å². The van der Waals surface area contributed by atoms with Crippen molar-refractivity contribution in [1.29, 1.82) is 0 Å². The molecule has 0 aromatic rings. The van der Waals surface area contributed by atoms with Crippen LogP contribution in [0.5, 0.6) is 0 Å². The van der Waals surface area contributed by atoms with Gasteiger partial charge in [-0.3, -0.25) is 0 Å². The van der Waals surface area contributed by atoms with E-state index in [4.69, 9.17) is 3.80 Å². The molecule has 0 bridgehead atoms. The van der Waals surface area contributed by atoms with Crippen molar-refractivity contribution < 1.29 is 67.9 Å². The molecule has 0 aliphatic heterocycles. The molecule has 0 aliphatic carbocycles. The van der Waals surface area contributed by atoms with E-state index in [1.807, 2.05) is 0 Å². The Morgan fingerprint density at radius 3 is 1.20 bits per heavy atom. The molecule has 5 heavy (non-hydrogen) atoms. The van der Waals surface area contributed by atoms with Crippen LogP contribution in [-0.2, 0) is 67.9 Å². The summed E-state index contributed by atoms with van der Waals surface area (Å²) in [5.74, 6) is 0. The van der Waals surface area contributed by atoms with E-state index in [2.05, 4.69) is 0 Å². The molecule has 0 radical (unpaired) electrons. The Morgan fingerprint density at radius 2 is 1.20 bits per heavy atom. The fraction of sp³-hybridized carbons (Fsp3) is 0. The van der Waals surface area contributed by atoms with Crippen LogP contribution in [0.2, 0.25) is 0 Å². The predicted molar refractivity (Wildman–Crippen MR) is 12.0 cm³/mol. The fourth-order valence-corrected chi connectivity index (χ4v) is 0. The van der Waals surface area contributed by atoms with Crippen molar-refractivity contribution in [3.63, 3.8) is 0 Å². The topological polar surface area (TPSA) is 17.1 Å². The van der Waals surface area contributed by atoms with Crippen LogP contribution < -0.4 is 0 Å². The molecule has 0 saturated carbocycles. The molecule has 0 heterocycles. The Hall–Kier alpha value is 2.73. The smallest absolute Gasteiger partial charge is 0 e. The van der Waals surface area contributed by atoms with E-state index in [1.165, 1.54) is 16.2 Å². The Kier molecular flexibility index (Phi) is 149. The van der Waals surface area contributed by atoms with Gasteiger partial charge in [0, 0.05) is 47.9 Å². The molecule has 0 unspecified atom stereocenters. The third kappa shape index (κ3) is 20.2. The molecule has 0 N–H and O–H groups in total. The van der Waals surface area contributed by atoms with E-state index in [-0.39, 0.29) is 71.8 Å². The molecule has 0 aromatic heterocycles. The SMILES string of the molecule is [O]=[Cr].[SnH4].[Ti].[Zr]. The van der Waals surface area contributed by atoms with Gasteiger partial charge < -0.3 is 0 Å². The van der Waals surface area contributed by atoms with Crippen molar-refractivity contribution in [1.82, 2.24) is 0 Å². The number of rotatable bonds is 0. The summed E-state index contributed by atoms with van der Waals surface area (Å²) in [6.07, 6.45) is 0. The average Bonchev–Trinajstić information content (AvgIpc) is 1.00. The largest absolute Gasteiger partial charge is 0 e. The van der Waals surface area contributed by atoms with E-state index in [0.29, 0.717) is 0 Å². The molecule has 0 atom stereocenters. The summed E-state index contributed by atoms with van der Waals surface area (Å²) in [6.45, 7) is 0. The molecular formula is H4CrOSnTiZr. The van der Waals surface area contributed by atoms with Gasteiger partial charge in [0.1, 0.15) is 0 Å². The second kappa shape index (κ2) is 29.7. The van der Waals surface area contributed by atoms with E-state index >= 15 is 0 Å². The van der Waals surface area contributed by atoms with Gasteiger partial charge in [0.25, 0.3) is 0 Å². The van der Waals surface area contributed by atoms with Gasteiger partial charge in [-0.2, -0.15) is 0 Å². The molecule has 0 aliphatic rings. The van der Waals surface area contributed by atoms with E-state index in [0.717, 1.165) is 0 Å². The summed E-state index contributed by atoms with van der Waals surface area (Å²) in [4.78, 5) is 0. The molecular weight excluding hydrogens is 326 g/mol. The molecule has 1 nitrogen and oxygen atoms in total. The molecule has 0 rings (SSSR count). The quantitative estimate of drug-likeness (QED) is 0.490. The normalized spacial score (nSPS) is 0.800. The second-order valence-electron chi connectivity index (χ2n) is 0. The first kappa shape index (κ1) is 25.2. The van der Waals surface area contributed by atoms with Gasteiger partial charge in [0.2, 0.25) is 0 Å². The summed E-state index contributed by atoms with van der Waals surface area (Å²) in [7, 11) is 0. The Balaban J connectivity index is -0.00000000167. The zero-order valence-corrected chi connectivity index (χ0v) is 7.11. The number of hydrogen-bond acceptors (Lipinski definition) is 1. The Bertz CT molecular complexity index is 11.6. The molecule has 5 heteroatoms. The summed E-state index contributed by atoms with van der Waals surface area (Å²) in [5.41, 5.74) is 0. The molecule has 0 saturated heterocycles. The average molecular weight is 330 g/mol. The van der Waals surface area contributed by atoms with Crippen LogP contribution in [0, 0.1) is 0 Å². The van der Waals surface area contributed by atoms with Crippen molar-refractivity contribution in [2.45, 2.75) is 0 Å². The van der Waals surface area contributed by atoms with Gasteiger partial charge in [0.05, 0.1) is 0 Å². The van der Waals surface area contributed by atoms with Crippen LogP contribution in [0.15, 0.2) is 0 Å². The maximum absolute atomic E-state index is 8.12. The van der Waals surface area contributed by atoms with Gasteiger partial charge in [-0.15, -0.1) is 0 Å². The summed E-state index contributed by atoms with van der Waals surface area (Å²) in [5, 5.41) is 0. The van der Waals surface area contributed by atoms with Crippen molar-refractivity contribution in [2.24, 2.45) is 0 Å². The maximum atomic E-state index is 8.12. The van der Waals surface area contributed by atoms with E-state index in [9.17, 15) is 0 Å². The van der Waals surface area contributed by atoms with Gasteiger partial charge >= 0.3 is 43.9 Å². The zero-order valence-electron chi connectivity index (χ0n) is 1.82. The van der Waals surface area contributed by atoms with Crippen molar-refractivity contribution >= 4 is 23.9 Å².